The minimum Gasteiger partial charge on any atom is -0.508 e. The van der Waals surface area contributed by atoms with Crippen LogP contribution in [0.4, 0.5) is 5.69 Å². The zero-order chi connectivity index (χ0) is 26.9. The Bertz CT molecular complexity index is 1530. The lowest BCUT2D eigenvalue weighted by Crippen LogP contribution is -2.39. The van der Waals surface area contributed by atoms with Gasteiger partial charge in [0, 0.05) is 32.7 Å². The molecule has 0 spiro atoms. The highest BCUT2D eigenvalue weighted by molar-refractivity contribution is 9.10. The lowest BCUT2D eigenvalue weighted by Gasteiger charge is -2.42. The van der Waals surface area contributed by atoms with Crippen molar-refractivity contribution in [2.75, 3.05) is 12.0 Å². The zero-order valence-corrected chi connectivity index (χ0v) is 22.3. The van der Waals surface area contributed by atoms with Gasteiger partial charge in [-0.15, -0.1) is 0 Å². The van der Waals surface area contributed by atoms with Crippen LogP contribution in [0, 0.1) is 17.8 Å². The molecule has 1 N–H and O–H groups in total. The molecular formula is C30H24BrNO6. The van der Waals surface area contributed by atoms with Crippen molar-refractivity contribution in [3.63, 3.8) is 0 Å². The number of Topliss-reactive ketones (excluding diaryl/α,β-unsaturated/α-hetero) is 1. The number of benzene rings is 2. The van der Waals surface area contributed by atoms with Gasteiger partial charge in [-0.1, -0.05) is 27.6 Å². The van der Waals surface area contributed by atoms with E-state index in [1.54, 1.807) is 43.3 Å². The summed E-state index contributed by atoms with van der Waals surface area (Å²) >= 11 is 3.39. The molecule has 4 atom stereocenters. The third-order valence-electron chi connectivity index (χ3n) is 8.19. The number of fused-ring (bicyclic) bond motifs is 3. The van der Waals surface area contributed by atoms with E-state index < -0.39 is 23.7 Å². The van der Waals surface area contributed by atoms with E-state index in [2.05, 4.69) is 15.9 Å². The standard InChI is InChI=1S/C30H24BrNO6/c1-14-11-24(34)27-22(28(14)35)13-20-18(25(27)21-12-17(38-2)7-10-23(21)33)8-9-19-26(20)30(37)32(29(19)36)16-5-3-15(31)4-6-16/h3-8,10-12,19-20,25-26,33H,9,13H2,1-2H3. The van der Waals surface area contributed by atoms with E-state index in [0.717, 1.165) is 10.0 Å². The first kappa shape index (κ1) is 24.6. The van der Waals surface area contributed by atoms with Crippen molar-refractivity contribution in [3.8, 4) is 11.5 Å². The lowest BCUT2D eigenvalue weighted by molar-refractivity contribution is -0.123. The number of hydrogen-bond acceptors (Lipinski definition) is 6. The molecule has 0 bridgehead atoms. The van der Waals surface area contributed by atoms with E-state index >= 15 is 0 Å². The van der Waals surface area contributed by atoms with Gasteiger partial charge in [0.2, 0.25) is 11.8 Å². The van der Waals surface area contributed by atoms with Crippen molar-refractivity contribution in [2.24, 2.45) is 17.8 Å². The number of carbonyl (C=O) groups excluding carboxylic acids is 4. The summed E-state index contributed by atoms with van der Waals surface area (Å²) in [4.78, 5) is 55.4. The number of ether oxygens (including phenoxy) is 1. The molecule has 8 heteroatoms. The summed E-state index contributed by atoms with van der Waals surface area (Å²) in [6.07, 6.45) is 3.79. The molecule has 0 aromatic heterocycles. The smallest absolute Gasteiger partial charge is 0.238 e. The van der Waals surface area contributed by atoms with Crippen LogP contribution in [0.5, 0.6) is 11.5 Å². The van der Waals surface area contributed by atoms with E-state index in [9.17, 15) is 24.3 Å². The number of aromatic hydroxyl groups is 1. The second-order valence-corrected chi connectivity index (χ2v) is 11.1. The highest BCUT2D eigenvalue weighted by atomic mass is 79.9. The number of phenolic OH excluding ortho intramolecular Hbond substituents is 1. The second kappa shape index (κ2) is 8.91. The Hall–Kier alpha value is -3.78. The molecule has 2 aromatic rings. The number of hydrogen-bond donors (Lipinski definition) is 1. The molecule has 2 amide bonds. The zero-order valence-electron chi connectivity index (χ0n) is 20.7. The van der Waals surface area contributed by atoms with Crippen molar-refractivity contribution >= 4 is 45.0 Å². The van der Waals surface area contributed by atoms with Crippen molar-refractivity contribution in [2.45, 2.75) is 25.7 Å². The Balaban J connectivity index is 1.51. The quantitative estimate of drug-likeness (QED) is 0.321. The number of allylic oxidation sites excluding steroid dienone is 6. The summed E-state index contributed by atoms with van der Waals surface area (Å²) < 4.78 is 6.22. The Labute approximate surface area is 227 Å². The topological polar surface area (TPSA) is 101 Å². The predicted molar refractivity (Wildman–Crippen MR) is 143 cm³/mol. The van der Waals surface area contributed by atoms with Crippen LogP contribution in [0.3, 0.4) is 0 Å². The fourth-order valence-electron chi connectivity index (χ4n) is 6.47. The van der Waals surface area contributed by atoms with Crippen LogP contribution in [-0.4, -0.2) is 35.6 Å². The summed E-state index contributed by atoms with van der Waals surface area (Å²) in [5.41, 5.74) is 2.73. The van der Waals surface area contributed by atoms with Crippen molar-refractivity contribution in [1.82, 2.24) is 0 Å². The van der Waals surface area contributed by atoms with Gasteiger partial charge in [0.05, 0.1) is 24.6 Å². The molecular weight excluding hydrogens is 550 g/mol. The largest absolute Gasteiger partial charge is 0.508 e. The number of methoxy groups -OCH3 is 1. The normalized spacial score (nSPS) is 26.6. The molecule has 1 fully saturated rings. The number of rotatable bonds is 3. The van der Waals surface area contributed by atoms with E-state index in [-0.39, 0.29) is 35.6 Å². The molecule has 1 aliphatic heterocycles. The van der Waals surface area contributed by atoms with Gasteiger partial charge in [-0.3, -0.25) is 24.1 Å². The molecule has 6 rings (SSSR count). The Morgan fingerprint density at radius 2 is 1.74 bits per heavy atom. The Morgan fingerprint density at radius 3 is 2.45 bits per heavy atom. The SMILES string of the molecule is COc1ccc(O)c(C2C3=CCC4C(=O)N(c5ccc(Br)cc5)C(=O)C4C3CC3=C2C(=O)C=C(C)C3=O)c1. The van der Waals surface area contributed by atoms with Gasteiger partial charge < -0.3 is 9.84 Å². The number of ketones is 2. The highest BCUT2D eigenvalue weighted by Gasteiger charge is 2.56. The molecule has 4 aliphatic rings. The lowest BCUT2D eigenvalue weighted by atomic mass is 9.59. The number of phenols is 1. The van der Waals surface area contributed by atoms with Gasteiger partial charge in [0.25, 0.3) is 0 Å². The first-order valence-electron chi connectivity index (χ1n) is 12.4. The van der Waals surface area contributed by atoms with Gasteiger partial charge in [-0.25, -0.2) is 0 Å². The number of amides is 2. The fourth-order valence-corrected chi connectivity index (χ4v) is 6.74. The van der Waals surface area contributed by atoms with Crippen LogP contribution in [0.1, 0.15) is 31.2 Å². The van der Waals surface area contributed by atoms with E-state index in [0.29, 0.717) is 40.1 Å². The monoisotopic (exact) mass is 573 g/mol. The number of carbonyl (C=O) groups is 4. The molecule has 7 nitrogen and oxygen atoms in total. The third-order valence-corrected chi connectivity index (χ3v) is 8.72. The van der Waals surface area contributed by atoms with Gasteiger partial charge >= 0.3 is 0 Å². The number of imide groups is 1. The maximum absolute atomic E-state index is 13.9. The van der Waals surface area contributed by atoms with E-state index in [1.807, 2.05) is 6.08 Å². The molecule has 0 radical (unpaired) electrons. The predicted octanol–water partition coefficient (Wildman–Crippen LogP) is 4.80. The van der Waals surface area contributed by atoms with Gasteiger partial charge in [-0.2, -0.15) is 0 Å². The van der Waals surface area contributed by atoms with Crippen molar-refractivity contribution in [1.29, 1.82) is 0 Å². The average molecular weight is 574 g/mol. The molecule has 0 saturated carbocycles. The van der Waals surface area contributed by atoms with Crippen LogP contribution in [0.25, 0.3) is 0 Å². The summed E-state index contributed by atoms with van der Waals surface area (Å²) in [7, 11) is 1.51. The van der Waals surface area contributed by atoms with Gasteiger partial charge in [0.1, 0.15) is 11.5 Å². The first-order valence-corrected chi connectivity index (χ1v) is 13.2. The maximum Gasteiger partial charge on any atom is 0.238 e. The Morgan fingerprint density at radius 1 is 1.00 bits per heavy atom. The van der Waals surface area contributed by atoms with E-state index in [4.69, 9.17) is 4.74 Å². The molecule has 1 saturated heterocycles. The van der Waals surface area contributed by atoms with E-state index in [1.165, 1.54) is 24.2 Å². The minimum absolute atomic E-state index is 0.0387. The van der Waals surface area contributed by atoms with Crippen LogP contribution in [0.15, 0.2) is 81.4 Å². The summed E-state index contributed by atoms with van der Waals surface area (Å²) in [6, 6.07) is 11.8. The van der Waals surface area contributed by atoms with Crippen LogP contribution in [0.2, 0.25) is 0 Å². The molecule has 3 aliphatic carbocycles. The first-order chi connectivity index (χ1) is 18.2. The number of anilines is 1. The Kier molecular flexibility index (Phi) is 5.76. The average Bonchev–Trinajstić information content (AvgIpc) is 3.17. The van der Waals surface area contributed by atoms with Gasteiger partial charge in [-0.05, 0) is 74.2 Å². The number of nitrogens with zero attached hydrogens (tertiary/aromatic N) is 1. The highest BCUT2D eigenvalue weighted by Crippen LogP contribution is 2.56. The maximum atomic E-state index is 13.9. The van der Waals surface area contributed by atoms with Crippen LogP contribution >= 0.6 is 15.9 Å². The molecule has 2 aromatic carbocycles. The molecule has 4 unspecified atom stereocenters. The second-order valence-electron chi connectivity index (χ2n) is 10.1. The summed E-state index contributed by atoms with van der Waals surface area (Å²) in [5.74, 6) is -3.08. The van der Waals surface area contributed by atoms with Crippen LogP contribution < -0.4 is 9.64 Å². The van der Waals surface area contributed by atoms with Gasteiger partial charge in [0.15, 0.2) is 11.6 Å². The molecule has 1 heterocycles. The van der Waals surface area contributed by atoms with Crippen LogP contribution in [-0.2, 0) is 19.2 Å². The number of halogens is 1. The van der Waals surface area contributed by atoms with Crippen molar-refractivity contribution < 1.29 is 29.0 Å². The molecule has 192 valence electrons. The van der Waals surface area contributed by atoms with Crippen molar-refractivity contribution in [3.05, 3.63) is 86.9 Å². The summed E-state index contributed by atoms with van der Waals surface area (Å²) in [5, 5.41) is 10.9. The third kappa shape index (κ3) is 3.54. The minimum atomic E-state index is -0.731. The summed E-state index contributed by atoms with van der Waals surface area (Å²) in [6.45, 7) is 1.61. The fraction of sp³-hybridized carbons (Fsp3) is 0.267. The molecule has 38 heavy (non-hydrogen) atoms.